The maximum absolute atomic E-state index is 4.45. The quantitative estimate of drug-likeness (QED) is 0.854. The molecule has 3 rings (SSSR count). The molecular weight excluding hydrogens is 210 g/mol. The lowest BCUT2D eigenvalue weighted by Crippen LogP contribution is -2.10. The summed E-state index contributed by atoms with van der Waals surface area (Å²) >= 11 is 0. The molecule has 1 aliphatic rings. The Hall–Kier alpha value is -1.64. The summed E-state index contributed by atoms with van der Waals surface area (Å²) < 4.78 is 0. The summed E-state index contributed by atoms with van der Waals surface area (Å²) in [4.78, 5) is 4.45. The minimum atomic E-state index is 0.712. The van der Waals surface area contributed by atoms with E-state index < -0.39 is 0 Å². The van der Waals surface area contributed by atoms with Crippen molar-refractivity contribution in [2.24, 2.45) is 0 Å². The molecular formula is C14H17N3. The molecule has 88 valence electrons. The van der Waals surface area contributed by atoms with Crippen LogP contribution in [0.3, 0.4) is 0 Å². The van der Waals surface area contributed by atoms with E-state index in [2.05, 4.69) is 40.3 Å². The van der Waals surface area contributed by atoms with E-state index in [9.17, 15) is 0 Å². The normalized spacial score (nSPS) is 15.9. The molecule has 1 N–H and O–H groups in total. The van der Waals surface area contributed by atoms with Gasteiger partial charge in [-0.1, -0.05) is 30.2 Å². The van der Waals surface area contributed by atoms with Gasteiger partial charge >= 0.3 is 0 Å². The number of aromatic nitrogens is 3. The second kappa shape index (κ2) is 3.99. The van der Waals surface area contributed by atoms with Gasteiger partial charge in [0.15, 0.2) is 5.82 Å². The first-order chi connectivity index (χ1) is 8.24. The van der Waals surface area contributed by atoms with Crippen molar-refractivity contribution in [2.45, 2.75) is 39.0 Å². The summed E-state index contributed by atoms with van der Waals surface area (Å²) in [7, 11) is 0. The van der Waals surface area contributed by atoms with Crippen molar-refractivity contribution < 1.29 is 0 Å². The van der Waals surface area contributed by atoms with Crippen LogP contribution in [0.2, 0.25) is 0 Å². The van der Waals surface area contributed by atoms with Crippen LogP contribution in [0.4, 0.5) is 0 Å². The Kier molecular flexibility index (Phi) is 2.46. The first kappa shape index (κ1) is 10.5. The van der Waals surface area contributed by atoms with E-state index in [1.165, 1.54) is 36.0 Å². The molecule has 0 aliphatic heterocycles. The van der Waals surface area contributed by atoms with Crippen molar-refractivity contribution in [3.63, 3.8) is 0 Å². The average molecular weight is 227 g/mol. The Bertz CT molecular complexity index is 538. The summed E-state index contributed by atoms with van der Waals surface area (Å²) in [6, 6.07) is 6.60. The molecule has 1 aromatic carbocycles. The maximum atomic E-state index is 4.45. The largest absolute Gasteiger partial charge is 0.263 e. The smallest absolute Gasteiger partial charge is 0.181 e. The van der Waals surface area contributed by atoms with Crippen LogP contribution in [0.5, 0.6) is 0 Å². The molecule has 0 spiro atoms. The molecule has 2 aromatic rings. The second-order valence-electron chi connectivity index (χ2n) is 4.96. The Labute approximate surface area is 101 Å². The van der Waals surface area contributed by atoms with Crippen LogP contribution in [0.25, 0.3) is 11.4 Å². The van der Waals surface area contributed by atoms with E-state index in [-0.39, 0.29) is 0 Å². The van der Waals surface area contributed by atoms with E-state index in [1.54, 1.807) is 0 Å². The Balaban J connectivity index is 2.08. The van der Waals surface area contributed by atoms with E-state index in [4.69, 9.17) is 0 Å². The van der Waals surface area contributed by atoms with Crippen LogP contribution in [0.15, 0.2) is 18.2 Å². The second-order valence-corrected chi connectivity index (χ2v) is 4.96. The zero-order valence-corrected chi connectivity index (χ0v) is 10.3. The van der Waals surface area contributed by atoms with Gasteiger partial charge in [-0.2, -0.15) is 5.10 Å². The lowest BCUT2D eigenvalue weighted by molar-refractivity contribution is 0.420. The molecule has 0 atom stereocenters. The zero-order chi connectivity index (χ0) is 11.8. The van der Waals surface area contributed by atoms with Crippen molar-refractivity contribution in [3.05, 3.63) is 35.2 Å². The Morgan fingerprint density at radius 1 is 1.24 bits per heavy atom. The molecule has 17 heavy (non-hydrogen) atoms. The van der Waals surface area contributed by atoms with Gasteiger partial charge in [0.05, 0.1) is 0 Å². The summed E-state index contributed by atoms with van der Waals surface area (Å²) in [6.07, 6.45) is 3.96. The number of nitrogens with zero attached hydrogens (tertiary/aromatic N) is 2. The first-order valence-corrected chi connectivity index (χ1v) is 6.24. The van der Waals surface area contributed by atoms with Gasteiger partial charge in [0.25, 0.3) is 0 Å². The SMILES string of the molecule is Cc1ccc(-c2n[nH]c(C)n2)c(C2CCC2)c1. The monoisotopic (exact) mass is 227 g/mol. The van der Waals surface area contributed by atoms with Crippen LogP contribution in [0, 0.1) is 13.8 Å². The number of benzene rings is 1. The lowest BCUT2D eigenvalue weighted by Gasteiger charge is -2.27. The van der Waals surface area contributed by atoms with Crippen molar-refractivity contribution in [2.75, 3.05) is 0 Å². The summed E-state index contributed by atoms with van der Waals surface area (Å²) in [5.41, 5.74) is 3.95. The predicted molar refractivity (Wildman–Crippen MR) is 67.9 cm³/mol. The molecule has 1 heterocycles. The molecule has 1 saturated carbocycles. The number of H-pyrrole nitrogens is 1. The number of hydrogen-bond donors (Lipinski definition) is 1. The van der Waals surface area contributed by atoms with Gasteiger partial charge in [-0.25, -0.2) is 4.98 Å². The highest BCUT2D eigenvalue weighted by Crippen LogP contribution is 2.40. The van der Waals surface area contributed by atoms with Gasteiger partial charge in [0, 0.05) is 5.56 Å². The molecule has 3 nitrogen and oxygen atoms in total. The summed E-state index contributed by atoms with van der Waals surface area (Å²) in [6.45, 7) is 4.09. The number of hydrogen-bond acceptors (Lipinski definition) is 2. The van der Waals surface area contributed by atoms with Crippen LogP contribution in [0.1, 0.15) is 42.1 Å². The fraction of sp³-hybridized carbons (Fsp3) is 0.429. The van der Waals surface area contributed by atoms with Crippen molar-refractivity contribution >= 4 is 0 Å². The third-order valence-corrected chi connectivity index (χ3v) is 3.59. The predicted octanol–water partition coefficient (Wildman–Crippen LogP) is 3.36. The van der Waals surface area contributed by atoms with Crippen molar-refractivity contribution in [1.82, 2.24) is 15.2 Å². The third-order valence-electron chi connectivity index (χ3n) is 3.59. The Morgan fingerprint density at radius 3 is 2.65 bits per heavy atom. The summed E-state index contributed by atoms with van der Waals surface area (Å²) in [5.74, 6) is 2.42. The van der Waals surface area contributed by atoms with Gasteiger partial charge in [0.2, 0.25) is 0 Å². The molecule has 1 aromatic heterocycles. The Morgan fingerprint density at radius 2 is 2.06 bits per heavy atom. The minimum Gasteiger partial charge on any atom is -0.263 e. The van der Waals surface area contributed by atoms with Crippen LogP contribution >= 0.6 is 0 Å². The van der Waals surface area contributed by atoms with Gasteiger partial charge in [-0.3, -0.25) is 5.10 Å². The van der Waals surface area contributed by atoms with E-state index in [1.807, 2.05) is 6.92 Å². The summed E-state index contributed by atoms with van der Waals surface area (Å²) in [5, 5.41) is 7.20. The highest BCUT2D eigenvalue weighted by atomic mass is 15.2. The van der Waals surface area contributed by atoms with E-state index >= 15 is 0 Å². The van der Waals surface area contributed by atoms with Gasteiger partial charge in [-0.05, 0) is 38.2 Å². The maximum Gasteiger partial charge on any atom is 0.181 e. The van der Waals surface area contributed by atoms with Gasteiger partial charge in [0.1, 0.15) is 5.82 Å². The number of nitrogens with one attached hydrogen (secondary N) is 1. The van der Waals surface area contributed by atoms with Crippen molar-refractivity contribution in [1.29, 1.82) is 0 Å². The van der Waals surface area contributed by atoms with Gasteiger partial charge in [-0.15, -0.1) is 0 Å². The standard InChI is InChI=1S/C14H17N3/c1-9-6-7-12(14-15-10(2)16-17-14)13(8-9)11-4-3-5-11/h6-8,11H,3-5H2,1-2H3,(H,15,16,17). The number of aromatic amines is 1. The molecule has 0 amide bonds. The fourth-order valence-electron chi connectivity index (χ4n) is 2.41. The molecule has 0 bridgehead atoms. The number of rotatable bonds is 2. The topological polar surface area (TPSA) is 41.6 Å². The van der Waals surface area contributed by atoms with Crippen LogP contribution in [-0.4, -0.2) is 15.2 Å². The highest BCUT2D eigenvalue weighted by molar-refractivity contribution is 5.62. The highest BCUT2D eigenvalue weighted by Gasteiger charge is 2.23. The van der Waals surface area contributed by atoms with E-state index in [0.29, 0.717) is 5.92 Å². The van der Waals surface area contributed by atoms with Crippen LogP contribution in [-0.2, 0) is 0 Å². The zero-order valence-electron chi connectivity index (χ0n) is 10.3. The molecule has 1 aliphatic carbocycles. The van der Waals surface area contributed by atoms with Crippen LogP contribution < -0.4 is 0 Å². The average Bonchev–Trinajstić information content (AvgIpc) is 2.62. The number of aryl methyl sites for hydroxylation is 2. The molecule has 3 heteroatoms. The van der Waals surface area contributed by atoms with E-state index in [0.717, 1.165) is 11.6 Å². The molecule has 1 fully saturated rings. The lowest BCUT2D eigenvalue weighted by atomic mass is 9.77. The van der Waals surface area contributed by atoms with Crippen molar-refractivity contribution in [3.8, 4) is 11.4 Å². The molecule has 0 saturated heterocycles. The minimum absolute atomic E-state index is 0.712. The fourth-order valence-corrected chi connectivity index (χ4v) is 2.41. The third kappa shape index (κ3) is 1.86. The molecule has 0 unspecified atom stereocenters. The first-order valence-electron chi connectivity index (χ1n) is 6.24. The molecule has 0 radical (unpaired) electrons. The van der Waals surface area contributed by atoms with Gasteiger partial charge < -0.3 is 0 Å².